The third-order valence-electron chi connectivity index (χ3n) is 5.64. The Morgan fingerprint density at radius 3 is 2.44 bits per heavy atom. The largest absolute Gasteiger partial charge is 0.341 e. The number of pyridine rings is 1. The van der Waals surface area contributed by atoms with E-state index >= 15 is 0 Å². The van der Waals surface area contributed by atoms with Gasteiger partial charge in [0.05, 0.1) is 5.92 Å². The first-order valence-electron chi connectivity index (χ1n) is 9.63. The molecule has 5 heteroatoms. The van der Waals surface area contributed by atoms with Crippen molar-refractivity contribution in [3.05, 3.63) is 59.9 Å². The van der Waals surface area contributed by atoms with Gasteiger partial charge < -0.3 is 9.80 Å². The second kappa shape index (κ2) is 7.14. The lowest BCUT2D eigenvalue weighted by molar-refractivity contribution is -0.140. The first kappa shape index (κ1) is 17.7. The zero-order valence-electron chi connectivity index (χ0n) is 15.8. The van der Waals surface area contributed by atoms with Crippen molar-refractivity contribution in [3.63, 3.8) is 0 Å². The SMILES string of the molecule is CC(C)c1ccc(N2CC(C(=O)N3CC(c4ccccn4)C3)CC2=O)cc1. The predicted octanol–water partition coefficient (Wildman–Crippen LogP) is 3.18. The lowest BCUT2D eigenvalue weighted by atomic mass is 9.93. The quantitative estimate of drug-likeness (QED) is 0.838. The van der Waals surface area contributed by atoms with Gasteiger partial charge in [0.15, 0.2) is 0 Å². The standard InChI is InChI=1S/C22H25N3O2/c1-15(2)16-6-8-19(9-7-16)25-14-17(11-21(25)26)22(27)24-12-18(13-24)20-5-3-4-10-23-20/h3-10,15,17-18H,11-14H2,1-2H3. The maximum absolute atomic E-state index is 12.8. The van der Waals surface area contributed by atoms with E-state index in [1.165, 1.54) is 5.56 Å². The summed E-state index contributed by atoms with van der Waals surface area (Å²) in [5.74, 6) is 0.657. The maximum Gasteiger partial charge on any atom is 0.228 e. The Labute approximate surface area is 160 Å². The monoisotopic (exact) mass is 363 g/mol. The van der Waals surface area contributed by atoms with E-state index in [1.807, 2.05) is 35.2 Å². The number of carbonyl (C=O) groups is 2. The second-order valence-electron chi connectivity index (χ2n) is 7.85. The molecule has 140 valence electrons. The van der Waals surface area contributed by atoms with Crippen LogP contribution in [-0.4, -0.2) is 41.3 Å². The van der Waals surface area contributed by atoms with Crippen LogP contribution in [-0.2, 0) is 9.59 Å². The molecule has 27 heavy (non-hydrogen) atoms. The van der Waals surface area contributed by atoms with E-state index in [2.05, 4.69) is 31.0 Å². The molecule has 1 aromatic carbocycles. The molecule has 0 N–H and O–H groups in total. The first-order chi connectivity index (χ1) is 13.0. The molecule has 4 rings (SSSR count). The topological polar surface area (TPSA) is 53.5 Å². The molecule has 0 bridgehead atoms. The van der Waals surface area contributed by atoms with Crippen LogP contribution in [0.1, 0.15) is 43.4 Å². The van der Waals surface area contributed by atoms with Gasteiger partial charge in [-0.05, 0) is 35.7 Å². The molecular formula is C22H25N3O2. The zero-order valence-corrected chi connectivity index (χ0v) is 15.8. The highest BCUT2D eigenvalue weighted by molar-refractivity contribution is 6.00. The molecule has 2 aromatic rings. The molecule has 2 aliphatic rings. The number of rotatable bonds is 4. The number of hydrogen-bond acceptors (Lipinski definition) is 3. The smallest absolute Gasteiger partial charge is 0.228 e. The Morgan fingerprint density at radius 2 is 1.81 bits per heavy atom. The molecule has 0 saturated carbocycles. The molecule has 5 nitrogen and oxygen atoms in total. The van der Waals surface area contributed by atoms with E-state index in [-0.39, 0.29) is 17.7 Å². The number of hydrogen-bond donors (Lipinski definition) is 0. The summed E-state index contributed by atoms with van der Waals surface area (Å²) in [6.45, 7) is 6.17. The summed E-state index contributed by atoms with van der Waals surface area (Å²) < 4.78 is 0. The fourth-order valence-electron chi connectivity index (χ4n) is 3.88. The Kier molecular flexibility index (Phi) is 4.68. The van der Waals surface area contributed by atoms with Gasteiger partial charge in [0.1, 0.15) is 0 Å². The third-order valence-corrected chi connectivity index (χ3v) is 5.64. The predicted molar refractivity (Wildman–Crippen MR) is 105 cm³/mol. The van der Waals surface area contributed by atoms with Crippen molar-refractivity contribution in [1.29, 1.82) is 0 Å². The van der Waals surface area contributed by atoms with Gasteiger partial charge in [-0.15, -0.1) is 0 Å². The van der Waals surface area contributed by atoms with Crippen molar-refractivity contribution >= 4 is 17.5 Å². The van der Waals surface area contributed by atoms with Gasteiger partial charge >= 0.3 is 0 Å². The summed E-state index contributed by atoms with van der Waals surface area (Å²) in [5, 5.41) is 0. The van der Waals surface area contributed by atoms with Crippen LogP contribution in [0.25, 0.3) is 0 Å². The van der Waals surface area contributed by atoms with Gasteiger partial charge in [0, 0.05) is 49.6 Å². The van der Waals surface area contributed by atoms with Crippen LogP contribution in [0, 0.1) is 5.92 Å². The lowest BCUT2D eigenvalue weighted by Crippen LogP contribution is -2.51. The van der Waals surface area contributed by atoms with Crippen molar-refractivity contribution in [2.24, 2.45) is 5.92 Å². The van der Waals surface area contributed by atoms with E-state index in [0.29, 0.717) is 37.9 Å². The number of amides is 2. The van der Waals surface area contributed by atoms with Crippen LogP contribution in [0.4, 0.5) is 5.69 Å². The van der Waals surface area contributed by atoms with Gasteiger partial charge in [-0.25, -0.2) is 0 Å². The minimum absolute atomic E-state index is 0.0347. The van der Waals surface area contributed by atoms with E-state index in [1.54, 1.807) is 11.1 Å². The van der Waals surface area contributed by atoms with E-state index < -0.39 is 0 Å². The Bertz CT molecular complexity index is 826. The molecule has 0 aliphatic carbocycles. The Hall–Kier alpha value is -2.69. The van der Waals surface area contributed by atoms with Gasteiger partial charge in [-0.3, -0.25) is 14.6 Å². The first-order valence-corrected chi connectivity index (χ1v) is 9.63. The molecular weight excluding hydrogens is 338 g/mol. The summed E-state index contributed by atoms with van der Waals surface area (Å²) in [6, 6.07) is 14.0. The van der Waals surface area contributed by atoms with Crippen LogP contribution in [0.5, 0.6) is 0 Å². The van der Waals surface area contributed by atoms with E-state index in [0.717, 1.165) is 11.4 Å². The minimum Gasteiger partial charge on any atom is -0.341 e. The number of likely N-dealkylation sites (tertiary alicyclic amines) is 1. The normalized spacial score (nSPS) is 20.3. The highest BCUT2D eigenvalue weighted by Gasteiger charge is 2.41. The zero-order chi connectivity index (χ0) is 19.0. The molecule has 2 fully saturated rings. The van der Waals surface area contributed by atoms with Crippen LogP contribution in [0.15, 0.2) is 48.7 Å². The molecule has 2 aliphatic heterocycles. The fourth-order valence-corrected chi connectivity index (χ4v) is 3.88. The lowest BCUT2D eigenvalue weighted by Gasteiger charge is -2.40. The van der Waals surface area contributed by atoms with E-state index in [9.17, 15) is 9.59 Å². The third kappa shape index (κ3) is 3.46. The van der Waals surface area contributed by atoms with Gasteiger partial charge in [-0.2, -0.15) is 0 Å². The fraction of sp³-hybridized carbons (Fsp3) is 0.409. The summed E-state index contributed by atoms with van der Waals surface area (Å²) in [7, 11) is 0. The molecule has 1 unspecified atom stereocenters. The van der Waals surface area contributed by atoms with Crippen molar-refractivity contribution < 1.29 is 9.59 Å². The molecule has 3 heterocycles. The maximum atomic E-state index is 12.8. The van der Waals surface area contributed by atoms with E-state index in [4.69, 9.17) is 0 Å². The summed E-state index contributed by atoms with van der Waals surface area (Å²) in [6.07, 6.45) is 2.09. The van der Waals surface area contributed by atoms with Crippen molar-refractivity contribution in [1.82, 2.24) is 9.88 Å². The number of nitrogens with zero attached hydrogens (tertiary/aromatic N) is 3. The number of carbonyl (C=O) groups excluding carboxylic acids is 2. The second-order valence-corrected chi connectivity index (χ2v) is 7.85. The summed E-state index contributed by atoms with van der Waals surface area (Å²) in [5.41, 5.74) is 3.17. The highest BCUT2D eigenvalue weighted by Crippen LogP contribution is 2.31. The van der Waals surface area contributed by atoms with Crippen molar-refractivity contribution in [2.45, 2.75) is 32.1 Å². The van der Waals surface area contributed by atoms with Gasteiger partial charge in [-0.1, -0.05) is 32.0 Å². The van der Waals surface area contributed by atoms with Gasteiger partial charge in [0.2, 0.25) is 11.8 Å². The van der Waals surface area contributed by atoms with Crippen molar-refractivity contribution in [3.8, 4) is 0 Å². The average molecular weight is 363 g/mol. The Balaban J connectivity index is 1.37. The number of benzene rings is 1. The molecule has 1 aromatic heterocycles. The van der Waals surface area contributed by atoms with Crippen LogP contribution in [0.2, 0.25) is 0 Å². The molecule has 0 spiro atoms. The minimum atomic E-state index is -0.244. The Morgan fingerprint density at radius 1 is 1.07 bits per heavy atom. The number of aromatic nitrogens is 1. The average Bonchev–Trinajstić information content (AvgIpc) is 3.03. The van der Waals surface area contributed by atoms with Crippen LogP contribution >= 0.6 is 0 Å². The van der Waals surface area contributed by atoms with Crippen molar-refractivity contribution in [2.75, 3.05) is 24.5 Å². The van der Waals surface area contributed by atoms with Gasteiger partial charge in [0.25, 0.3) is 0 Å². The molecule has 2 amide bonds. The highest BCUT2D eigenvalue weighted by atomic mass is 16.2. The molecule has 1 atom stereocenters. The summed E-state index contributed by atoms with van der Waals surface area (Å²) in [4.78, 5) is 33.3. The molecule has 2 saturated heterocycles. The molecule has 0 radical (unpaired) electrons. The van der Waals surface area contributed by atoms with Crippen LogP contribution < -0.4 is 4.90 Å². The number of anilines is 1. The van der Waals surface area contributed by atoms with Crippen LogP contribution in [0.3, 0.4) is 0 Å². The summed E-state index contributed by atoms with van der Waals surface area (Å²) >= 11 is 0.